The minimum Gasteiger partial charge on any atom is -0.394 e. The highest BCUT2D eigenvalue weighted by Gasteiger charge is 2.33. The van der Waals surface area contributed by atoms with Crippen molar-refractivity contribution in [2.75, 3.05) is 6.61 Å². The number of aromatic nitrogens is 4. The Kier molecular flexibility index (Phi) is 9.35. The molecule has 0 bridgehead atoms. The topological polar surface area (TPSA) is 111 Å². The van der Waals surface area contributed by atoms with Gasteiger partial charge in [0, 0.05) is 27.1 Å². The van der Waals surface area contributed by atoms with Gasteiger partial charge < -0.3 is 15.0 Å². The molecule has 45 heavy (non-hydrogen) atoms. The van der Waals surface area contributed by atoms with Crippen LogP contribution >= 0.6 is 0 Å². The summed E-state index contributed by atoms with van der Waals surface area (Å²) in [6.45, 7) is 0.284. The van der Waals surface area contributed by atoms with Crippen molar-refractivity contribution in [1.29, 1.82) is 0 Å². The Balaban J connectivity index is 1.31. The maximum Gasteiger partial charge on any atom is 0.332 e. The Morgan fingerprint density at radius 1 is 0.889 bits per heavy atom. The molecule has 0 saturated heterocycles. The van der Waals surface area contributed by atoms with Crippen molar-refractivity contribution < 1.29 is 9.90 Å². The van der Waals surface area contributed by atoms with Crippen LogP contribution in [0, 0.1) is 11.8 Å². The quantitative estimate of drug-likeness (QED) is 0.270. The van der Waals surface area contributed by atoms with Crippen LogP contribution in [0.3, 0.4) is 0 Å². The third kappa shape index (κ3) is 6.41. The van der Waals surface area contributed by atoms with E-state index in [-0.39, 0.29) is 35.6 Å². The van der Waals surface area contributed by atoms with Gasteiger partial charge >= 0.3 is 5.69 Å². The minimum absolute atomic E-state index is 0.0580. The smallest absolute Gasteiger partial charge is 0.332 e. The maximum atomic E-state index is 13.8. The summed E-state index contributed by atoms with van der Waals surface area (Å²) in [7, 11) is 3.19. The second-order valence-electron chi connectivity index (χ2n) is 13.1. The summed E-state index contributed by atoms with van der Waals surface area (Å²) in [6.07, 6.45) is 11.0. The summed E-state index contributed by atoms with van der Waals surface area (Å²) in [5.74, 6) is 1.24. The van der Waals surface area contributed by atoms with Crippen molar-refractivity contribution in [3.8, 4) is 0 Å². The molecule has 9 nitrogen and oxygen atoms in total. The minimum atomic E-state index is -0.461. The molecule has 2 fully saturated rings. The summed E-state index contributed by atoms with van der Waals surface area (Å²) >= 11 is 0. The first-order chi connectivity index (χ1) is 21.9. The predicted molar refractivity (Wildman–Crippen MR) is 175 cm³/mol. The van der Waals surface area contributed by atoms with E-state index in [0.29, 0.717) is 23.6 Å². The summed E-state index contributed by atoms with van der Waals surface area (Å²) in [6, 6.07) is 17.3. The molecule has 2 aliphatic carbocycles. The number of rotatable bonds is 10. The van der Waals surface area contributed by atoms with Gasteiger partial charge in [-0.3, -0.25) is 18.7 Å². The molecule has 2 aromatic carbocycles. The number of imidazole rings is 1. The van der Waals surface area contributed by atoms with Gasteiger partial charge in [-0.1, -0.05) is 99.5 Å². The first-order valence-electron chi connectivity index (χ1n) is 16.6. The van der Waals surface area contributed by atoms with E-state index >= 15 is 0 Å². The molecule has 2 saturated carbocycles. The molecular weight excluding hydrogens is 566 g/mol. The molecule has 1 amide bonds. The third-order valence-corrected chi connectivity index (χ3v) is 10.2. The van der Waals surface area contributed by atoms with E-state index in [1.165, 1.54) is 30.9 Å². The van der Waals surface area contributed by atoms with Crippen LogP contribution in [0.2, 0.25) is 0 Å². The molecule has 0 radical (unpaired) electrons. The molecule has 2 atom stereocenters. The standard InChI is InChI=1S/C36H45N5O4/c1-39-33-32(35(44)40(2)36(39)45)41(30(38-33)21-24-11-5-3-6-12-24)22-25-17-19-28(20-18-25)31(27-15-9-10-16-27)34(43)37-29(23-42)26-13-7-4-8-14-26/h4,7-8,13-14,17-20,24,27,29,31,42H,3,5-6,9-12,15-16,21-23H2,1-2H3,(H,37,43)/t29-,31-/m0/s1. The van der Waals surface area contributed by atoms with Crippen LogP contribution in [-0.4, -0.2) is 36.3 Å². The SMILES string of the molecule is Cn1c(=O)c2c(nc(CC3CCCCC3)n2Cc2ccc([C@@H](C(=O)N[C@@H](CO)c3ccccc3)C3CCCC3)cc2)n(C)c1=O. The zero-order valence-electron chi connectivity index (χ0n) is 26.5. The second kappa shape index (κ2) is 13.6. The zero-order chi connectivity index (χ0) is 31.5. The lowest BCUT2D eigenvalue weighted by molar-refractivity contribution is -0.124. The Hall–Kier alpha value is -3.98. The number of aryl methyl sites for hydroxylation is 1. The van der Waals surface area contributed by atoms with E-state index in [9.17, 15) is 19.5 Å². The van der Waals surface area contributed by atoms with Crippen molar-refractivity contribution in [2.45, 2.75) is 82.7 Å². The van der Waals surface area contributed by atoms with E-state index in [4.69, 9.17) is 4.98 Å². The number of nitrogens with one attached hydrogen (secondary N) is 1. The molecule has 9 heteroatoms. The highest BCUT2D eigenvalue weighted by Crippen LogP contribution is 2.38. The summed E-state index contributed by atoms with van der Waals surface area (Å²) < 4.78 is 4.64. The number of nitrogens with zero attached hydrogens (tertiary/aromatic N) is 4. The molecule has 4 aromatic rings. The fourth-order valence-electron chi connectivity index (χ4n) is 7.59. The lowest BCUT2D eigenvalue weighted by Gasteiger charge is -2.26. The van der Waals surface area contributed by atoms with E-state index in [0.717, 1.165) is 72.0 Å². The van der Waals surface area contributed by atoms with Gasteiger partial charge in [-0.15, -0.1) is 0 Å². The molecule has 6 rings (SSSR count). The Morgan fingerprint density at radius 2 is 1.56 bits per heavy atom. The van der Waals surface area contributed by atoms with Crippen molar-refractivity contribution in [2.24, 2.45) is 25.9 Å². The van der Waals surface area contributed by atoms with Crippen LogP contribution in [0.25, 0.3) is 11.2 Å². The molecule has 2 aliphatic rings. The molecule has 0 spiro atoms. The van der Waals surface area contributed by atoms with Gasteiger partial charge in [0.1, 0.15) is 5.82 Å². The van der Waals surface area contributed by atoms with Crippen LogP contribution < -0.4 is 16.6 Å². The summed E-state index contributed by atoms with van der Waals surface area (Å²) in [4.78, 5) is 44.9. The number of amides is 1. The third-order valence-electron chi connectivity index (χ3n) is 10.2. The van der Waals surface area contributed by atoms with Crippen LogP contribution in [0.5, 0.6) is 0 Å². The number of hydrogen-bond acceptors (Lipinski definition) is 5. The van der Waals surface area contributed by atoms with Crippen LogP contribution in [0.15, 0.2) is 64.2 Å². The summed E-state index contributed by atoms with van der Waals surface area (Å²) in [5, 5.41) is 13.2. The number of aliphatic hydroxyl groups is 1. The van der Waals surface area contributed by atoms with Crippen LogP contribution in [0.1, 0.15) is 92.3 Å². The first-order valence-corrected chi connectivity index (χ1v) is 16.6. The summed E-state index contributed by atoms with van der Waals surface area (Å²) in [5.41, 5.74) is 3.02. The van der Waals surface area contributed by atoms with Gasteiger partial charge in [0.25, 0.3) is 5.56 Å². The fraction of sp³-hybridized carbons (Fsp3) is 0.500. The van der Waals surface area contributed by atoms with Gasteiger partial charge in [0.15, 0.2) is 11.2 Å². The lowest BCUT2D eigenvalue weighted by atomic mass is 9.83. The number of benzene rings is 2. The first kappa shape index (κ1) is 31.0. The largest absolute Gasteiger partial charge is 0.394 e. The molecule has 0 unspecified atom stereocenters. The highest BCUT2D eigenvalue weighted by atomic mass is 16.3. The Bertz CT molecular complexity index is 1740. The number of carbonyl (C=O) groups is 1. The van der Waals surface area contributed by atoms with Crippen molar-refractivity contribution in [3.05, 3.63) is 98.0 Å². The molecular formula is C36H45N5O4. The maximum absolute atomic E-state index is 13.8. The molecule has 2 N–H and O–H groups in total. The van der Waals surface area contributed by atoms with Crippen LogP contribution in [-0.2, 0) is 31.9 Å². The average Bonchev–Trinajstić information content (AvgIpc) is 3.72. The zero-order valence-corrected chi connectivity index (χ0v) is 26.5. The normalized spacial score (nSPS) is 17.5. The Labute approximate surface area is 263 Å². The van der Waals surface area contributed by atoms with Crippen molar-refractivity contribution >= 4 is 17.1 Å². The van der Waals surface area contributed by atoms with E-state index in [1.807, 2.05) is 59.2 Å². The lowest BCUT2D eigenvalue weighted by Crippen LogP contribution is -2.37. The molecule has 2 heterocycles. The molecule has 0 aliphatic heterocycles. The van der Waals surface area contributed by atoms with E-state index in [1.54, 1.807) is 7.05 Å². The Morgan fingerprint density at radius 3 is 2.22 bits per heavy atom. The number of hydrogen-bond donors (Lipinski definition) is 2. The monoisotopic (exact) mass is 611 g/mol. The fourth-order valence-corrected chi connectivity index (χ4v) is 7.59. The number of aliphatic hydroxyl groups excluding tert-OH is 1. The van der Waals surface area contributed by atoms with Crippen molar-refractivity contribution in [1.82, 2.24) is 24.0 Å². The van der Waals surface area contributed by atoms with Gasteiger partial charge in [0.2, 0.25) is 5.91 Å². The van der Waals surface area contributed by atoms with Gasteiger partial charge in [-0.05, 0) is 41.4 Å². The van der Waals surface area contributed by atoms with Crippen LogP contribution in [0.4, 0.5) is 0 Å². The average molecular weight is 612 g/mol. The van der Waals surface area contributed by atoms with E-state index in [2.05, 4.69) is 5.32 Å². The van der Waals surface area contributed by atoms with E-state index < -0.39 is 6.04 Å². The molecule has 238 valence electrons. The van der Waals surface area contributed by atoms with Gasteiger partial charge in [-0.2, -0.15) is 0 Å². The van der Waals surface area contributed by atoms with Gasteiger partial charge in [-0.25, -0.2) is 9.78 Å². The number of fused-ring (bicyclic) bond motifs is 1. The molecule has 2 aromatic heterocycles. The second-order valence-corrected chi connectivity index (χ2v) is 13.1. The number of carbonyl (C=O) groups excluding carboxylic acids is 1. The predicted octanol–water partition coefficient (Wildman–Crippen LogP) is 4.73. The highest BCUT2D eigenvalue weighted by molar-refractivity contribution is 5.84. The van der Waals surface area contributed by atoms with Crippen molar-refractivity contribution in [3.63, 3.8) is 0 Å². The van der Waals surface area contributed by atoms with Gasteiger partial charge in [0.05, 0.1) is 18.6 Å².